The number of fused-ring (bicyclic) bond motifs is 4. The van der Waals surface area contributed by atoms with Gasteiger partial charge in [-0.2, -0.15) is 0 Å². The van der Waals surface area contributed by atoms with Crippen molar-refractivity contribution in [3.8, 4) is 0 Å². The molecule has 8 unspecified atom stereocenters. The smallest absolute Gasteiger partial charge is 0.344 e. The van der Waals surface area contributed by atoms with E-state index in [2.05, 4.69) is 13.8 Å². The lowest BCUT2D eigenvalue weighted by Gasteiger charge is -2.30. The fraction of sp³-hybridized carbons (Fsp3) is 0.895. The van der Waals surface area contributed by atoms with Crippen LogP contribution in [0.1, 0.15) is 46.0 Å². The molecule has 0 aromatic carbocycles. The van der Waals surface area contributed by atoms with E-state index in [4.69, 9.17) is 14.2 Å². The molecule has 2 heterocycles. The molecule has 0 radical (unpaired) electrons. The molecule has 5 heteroatoms. The molecule has 4 fully saturated rings. The van der Waals surface area contributed by atoms with E-state index in [1.54, 1.807) is 0 Å². The van der Waals surface area contributed by atoms with Crippen molar-refractivity contribution in [1.29, 1.82) is 0 Å². The van der Waals surface area contributed by atoms with Crippen LogP contribution in [0, 0.1) is 35.5 Å². The number of esters is 2. The number of carbonyl (C=O) groups is 2. The molecule has 2 saturated carbocycles. The van der Waals surface area contributed by atoms with Crippen LogP contribution < -0.4 is 0 Å². The largest absolute Gasteiger partial charge is 0.463 e. The first-order valence-electron chi connectivity index (χ1n) is 9.50. The Morgan fingerprint density at radius 3 is 2.50 bits per heavy atom. The second-order valence-corrected chi connectivity index (χ2v) is 8.38. The maximum Gasteiger partial charge on any atom is 0.344 e. The van der Waals surface area contributed by atoms with Gasteiger partial charge in [0.05, 0.1) is 24.7 Å². The molecule has 0 aromatic heterocycles. The third-order valence-electron chi connectivity index (χ3n) is 7.22. The summed E-state index contributed by atoms with van der Waals surface area (Å²) in [5, 5.41) is 0. The minimum absolute atomic E-state index is 0.0204. The standard InChI is InChI=1S/C19H28O5/c1-10-11(2)15-6-12(10)7-16(15)19(21)23-9-18(20)22-8-13-5-14-3-4-17(13)24-14/h10-17H,3-9H2,1-2H3. The topological polar surface area (TPSA) is 61.8 Å². The van der Waals surface area contributed by atoms with Gasteiger partial charge >= 0.3 is 11.9 Å². The molecule has 4 bridgehead atoms. The molecule has 4 rings (SSSR count). The Labute approximate surface area is 143 Å². The zero-order valence-corrected chi connectivity index (χ0v) is 14.6. The van der Waals surface area contributed by atoms with Gasteiger partial charge in [-0.15, -0.1) is 0 Å². The molecule has 2 aliphatic heterocycles. The second-order valence-electron chi connectivity index (χ2n) is 8.38. The molecule has 5 nitrogen and oxygen atoms in total. The Kier molecular flexibility index (Phi) is 4.31. The van der Waals surface area contributed by atoms with Crippen LogP contribution in [0.5, 0.6) is 0 Å². The van der Waals surface area contributed by atoms with Gasteiger partial charge in [-0.1, -0.05) is 13.8 Å². The van der Waals surface area contributed by atoms with Crippen LogP contribution >= 0.6 is 0 Å². The van der Waals surface area contributed by atoms with Gasteiger partial charge in [0.2, 0.25) is 0 Å². The maximum atomic E-state index is 12.3. The second kappa shape index (κ2) is 6.32. The summed E-state index contributed by atoms with van der Waals surface area (Å²) >= 11 is 0. The first-order chi connectivity index (χ1) is 11.5. The normalized spacial score (nSPS) is 45.6. The molecule has 0 aromatic rings. The molecule has 24 heavy (non-hydrogen) atoms. The van der Waals surface area contributed by atoms with E-state index in [1.165, 1.54) is 0 Å². The van der Waals surface area contributed by atoms with Crippen LogP contribution in [0.25, 0.3) is 0 Å². The summed E-state index contributed by atoms with van der Waals surface area (Å²) in [5.41, 5.74) is 0. The molecule has 0 spiro atoms. The first-order valence-corrected chi connectivity index (χ1v) is 9.50. The third-order valence-corrected chi connectivity index (χ3v) is 7.22. The highest BCUT2D eigenvalue weighted by Crippen LogP contribution is 2.55. The SMILES string of the molecule is CC1C2CC(C(=O)OCC(=O)OCC3CC4CCC3O4)C(C2)C1C. The summed E-state index contributed by atoms with van der Waals surface area (Å²) in [6.45, 7) is 4.66. The van der Waals surface area contributed by atoms with Gasteiger partial charge in [0, 0.05) is 5.92 Å². The lowest BCUT2D eigenvalue weighted by Crippen LogP contribution is -2.32. The predicted octanol–water partition coefficient (Wildman–Crippen LogP) is 2.57. The molecule has 2 aliphatic carbocycles. The van der Waals surface area contributed by atoms with Gasteiger partial charge in [-0.25, -0.2) is 4.79 Å². The van der Waals surface area contributed by atoms with Gasteiger partial charge in [-0.3, -0.25) is 4.79 Å². The van der Waals surface area contributed by atoms with Crippen molar-refractivity contribution < 1.29 is 23.8 Å². The van der Waals surface area contributed by atoms with Crippen molar-refractivity contribution in [2.24, 2.45) is 35.5 Å². The Balaban J connectivity index is 1.18. The average Bonchev–Trinajstić information content (AvgIpc) is 3.33. The number of ether oxygens (including phenoxy) is 3. The molecule has 0 amide bonds. The van der Waals surface area contributed by atoms with Gasteiger partial charge in [0.25, 0.3) is 0 Å². The first kappa shape index (κ1) is 16.4. The van der Waals surface area contributed by atoms with Crippen molar-refractivity contribution in [2.75, 3.05) is 13.2 Å². The van der Waals surface area contributed by atoms with Gasteiger partial charge in [0.15, 0.2) is 6.61 Å². The van der Waals surface area contributed by atoms with Gasteiger partial charge in [0.1, 0.15) is 0 Å². The van der Waals surface area contributed by atoms with E-state index in [0.717, 1.165) is 32.1 Å². The summed E-state index contributed by atoms with van der Waals surface area (Å²) < 4.78 is 16.3. The monoisotopic (exact) mass is 336 g/mol. The molecule has 134 valence electrons. The van der Waals surface area contributed by atoms with Crippen molar-refractivity contribution >= 4 is 11.9 Å². The predicted molar refractivity (Wildman–Crippen MR) is 86.0 cm³/mol. The Hall–Kier alpha value is -1.10. The third kappa shape index (κ3) is 2.85. The van der Waals surface area contributed by atoms with Crippen LogP contribution in [0.3, 0.4) is 0 Å². The van der Waals surface area contributed by atoms with Crippen molar-refractivity contribution in [2.45, 2.75) is 58.2 Å². The highest BCUT2D eigenvalue weighted by Gasteiger charge is 2.51. The van der Waals surface area contributed by atoms with E-state index >= 15 is 0 Å². The van der Waals surface area contributed by atoms with Crippen LogP contribution in [-0.2, 0) is 23.8 Å². The molecular formula is C19H28O5. The number of hydrogen-bond donors (Lipinski definition) is 0. The van der Waals surface area contributed by atoms with E-state index in [-0.39, 0.29) is 24.6 Å². The summed E-state index contributed by atoms with van der Waals surface area (Å²) in [6, 6.07) is 0. The minimum atomic E-state index is -0.435. The summed E-state index contributed by atoms with van der Waals surface area (Å²) in [5.74, 6) is 2.01. The minimum Gasteiger partial charge on any atom is -0.463 e. The maximum absolute atomic E-state index is 12.3. The molecular weight excluding hydrogens is 308 g/mol. The molecule has 4 aliphatic rings. The summed E-state index contributed by atoms with van der Waals surface area (Å²) in [6.07, 6.45) is 5.86. The zero-order valence-electron chi connectivity index (χ0n) is 14.6. The Bertz CT molecular complexity index is 516. The van der Waals surface area contributed by atoms with Crippen molar-refractivity contribution in [1.82, 2.24) is 0 Å². The summed E-state index contributed by atoms with van der Waals surface area (Å²) in [7, 11) is 0. The van der Waals surface area contributed by atoms with Crippen LogP contribution in [-0.4, -0.2) is 37.4 Å². The molecule has 8 atom stereocenters. The summed E-state index contributed by atoms with van der Waals surface area (Å²) in [4.78, 5) is 24.2. The van der Waals surface area contributed by atoms with Gasteiger partial charge < -0.3 is 14.2 Å². The van der Waals surface area contributed by atoms with Crippen LogP contribution in [0.15, 0.2) is 0 Å². The Morgan fingerprint density at radius 2 is 1.88 bits per heavy atom. The molecule has 0 N–H and O–H groups in total. The highest BCUT2D eigenvalue weighted by atomic mass is 16.6. The fourth-order valence-corrected chi connectivity index (χ4v) is 5.61. The zero-order chi connectivity index (χ0) is 16.8. The quantitative estimate of drug-likeness (QED) is 0.722. The highest BCUT2D eigenvalue weighted by molar-refractivity contribution is 5.78. The fourth-order valence-electron chi connectivity index (χ4n) is 5.61. The van der Waals surface area contributed by atoms with Crippen molar-refractivity contribution in [3.63, 3.8) is 0 Å². The lowest BCUT2D eigenvalue weighted by molar-refractivity contribution is -0.164. The number of rotatable bonds is 5. The Morgan fingerprint density at radius 1 is 1.04 bits per heavy atom. The van der Waals surface area contributed by atoms with Crippen LogP contribution in [0.2, 0.25) is 0 Å². The van der Waals surface area contributed by atoms with E-state index in [9.17, 15) is 9.59 Å². The lowest BCUT2D eigenvalue weighted by atomic mass is 9.76. The average molecular weight is 336 g/mol. The molecule has 2 saturated heterocycles. The van der Waals surface area contributed by atoms with Crippen LogP contribution in [0.4, 0.5) is 0 Å². The van der Waals surface area contributed by atoms with E-state index in [1.807, 2.05) is 0 Å². The van der Waals surface area contributed by atoms with Crippen molar-refractivity contribution in [3.05, 3.63) is 0 Å². The van der Waals surface area contributed by atoms with E-state index < -0.39 is 5.97 Å². The van der Waals surface area contributed by atoms with Gasteiger partial charge in [-0.05, 0) is 55.8 Å². The van der Waals surface area contributed by atoms with E-state index in [0.29, 0.717) is 42.3 Å². The number of hydrogen-bond acceptors (Lipinski definition) is 5. The number of carbonyl (C=O) groups excluding carboxylic acids is 2.